The lowest BCUT2D eigenvalue weighted by atomic mass is 10.1. The Bertz CT molecular complexity index is 528. The molecule has 0 amide bonds. The smallest absolute Gasteiger partial charge is 0.446 e. The molecule has 0 aromatic rings. The van der Waals surface area contributed by atoms with Gasteiger partial charge >= 0.3 is 23.8 Å². The highest BCUT2D eigenvalue weighted by molar-refractivity contribution is 8.38. The maximum Gasteiger partial charge on any atom is 0.446 e. The zero-order valence-electron chi connectivity index (χ0n) is 12.2. The van der Waals surface area contributed by atoms with Crippen LogP contribution in [-0.2, 0) is 14.3 Å². The number of carbonyl (C=O) groups excluding carboxylic acids is 1. The maximum absolute atomic E-state index is 13.4. The van der Waals surface area contributed by atoms with E-state index >= 15 is 0 Å². The number of alkyl halides is 3. The van der Waals surface area contributed by atoms with Gasteiger partial charge in [0, 0.05) is 6.42 Å². The summed E-state index contributed by atoms with van der Waals surface area (Å²) in [5.41, 5.74) is -3.38. The van der Waals surface area contributed by atoms with E-state index in [1.807, 2.05) is 0 Å². The molecule has 0 aromatic carbocycles. The first-order valence-electron chi connectivity index (χ1n) is 5.92. The molecule has 0 bridgehead atoms. The van der Waals surface area contributed by atoms with Crippen LogP contribution in [0.15, 0.2) is 15.0 Å². The number of esters is 1. The molecule has 0 fully saturated rings. The molecule has 11 heteroatoms. The number of ether oxygens (including phenoxy) is 2. The van der Waals surface area contributed by atoms with E-state index in [1.165, 1.54) is 30.4 Å². The molecular weight excluding hydrogens is 343 g/mol. The van der Waals surface area contributed by atoms with Crippen LogP contribution in [0.2, 0.25) is 0 Å². The molecule has 0 spiro atoms. The number of aliphatic imine (C=N–C) groups is 3. The highest BCUT2D eigenvalue weighted by Gasteiger charge is 2.65. The van der Waals surface area contributed by atoms with Gasteiger partial charge in [0.1, 0.15) is 4.38 Å². The Morgan fingerprint density at radius 2 is 1.95 bits per heavy atom. The van der Waals surface area contributed by atoms with Gasteiger partial charge in [-0.25, -0.2) is 9.79 Å². The van der Waals surface area contributed by atoms with Crippen LogP contribution in [0.5, 0.6) is 0 Å². The summed E-state index contributed by atoms with van der Waals surface area (Å²) in [5, 5.41) is 0. The van der Waals surface area contributed by atoms with Crippen molar-refractivity contribution < 1.29 is 27.4 Å². The number of methoxy groups -OCH3 is 1. The van der Waals surface area contributed by atoms with Gasteiger partial charge in [-0.15, -0.1) is 23.5 Å². The molecule has 0 aromatic heterocycles. The highest BCUT2D eigenvalue weighted by Crippen LogP contribution is 2.38. The summed E-state index contributed by atoms with van der Waals surface area (Å²) in [6, 6.07) is -0.576. The molecule has 1 aliphatic heterocycles. The standard InChI is InChI=1S/C11H14F3N3O3S2/c1-5-6-16-10(7(18)19-2,11(12,13)14)17-8(20-6)15-9(21-3)22-4/h5H2,1-4H3. The second-order valence-electron chi connectivity index (χ2n) is 3.80. The summed E-state index contributed by atoms with van der Waals surface area (Å²) < 4.78 is 49.9. The van der Waals surface area contributed by atoms with Crippen LogP contribution in [0.3, 0.4) is 0 Å². The number of hydrogen-bond donors (Lipinski definition) is 0. The van der Waals surface area contributed by atoms with Crippen molar-refractivity contribution in [2.45, 2.75) is 25.2 Å². The van der Waals surface area contributed by atoms with Crippen molar-refractivity contribution in [2.24, 2.45) is 15.0 Å². The van der Waals surface area contributed by atoms with Crippen LogP contribution in [0.25, 0.3) is 0 Å². The van der Waals surface area contributed by atoms with Crippen LogP contribution in [-0.4, -0.2) is 53.7 Å². The summed E-state index contributed by atoms with van der Waals surface area (Å²) in [6.45, 7) is 1.54. The Hall–Kier alpha value is -1.23. The Morgan fingerprint density at radius 3 is 2.36 bits per heavy atom. The van der Waals surface area contributed by atoms with Gasteiger partial charge in [-0.05, 0) is 12.5 Å². The molecule has 22 heavy (non-hydrogen) atoms. The molecule has 0 radical (unpaired) electrons. The normalized spacial score (nSPS) is 21.4. The first-order valence-corrected chi connectivity index (χ1v) is 8.37. The number of rotatable bonds is 2. The SMILES string of the molecule is CCC1=NC(C(=O)OC)(C(F)(F)F)N=C(N=C(SC)SC)O1. The molecule has 0 saturated carbocycles. The van der Waals surface area contributed by atoms with E-state index in [4.69, 9.17) is 4.74 Å². The second-order valence-corrected chi connectivity index (χ2v) is 5.65. The summed E-state index contributed by atoms with van der Waals surface area (Å²) in [6.07, 6.45) is -1.64. The van der Waals surface area contributed by atoms with Crippen molar-refractivity contribution in [3.05, 3.63) is 0 Å². The third-order valence-corrected chi connectivity index (χ3v) is 4.34. The van der Waals surface area contributed by atoms with Crippen molar-refractivity contribution in [1.82, 2.24) is 0 Å². The quantitative estimate of drug-likeness (QED) is 0.432. The Balaban J connectivity index is 3.47. The molecule has 1 heterocycles. The number of halogens is 3. The Kier molecular flexibility index (Phi) is 6.29. The zero-order valence-corrected chi connectivity index (χ0v) is 13.9. The van der Waals surface area contributed by atoms with E-state index < -0.39 is 23.8 Å². The largest absolute Gasteiger partial charge is 0.465 e. The van der Waals surface area contributed by atoms with E-state index in [9.17, 15) is 18.0 Å². The zero-order chi connectivity index (χ0) is 17.0. The summed E-state index contributed by atoms with van der Waals surface area (Å²) in [7, 11) is 0.833. The van der Waals surface area contributed by atoms with Crippen molar-refractivity contribution in [2.75, 3.05) is 19.6 Å². The summed E-state index contributed by atoms with van der Waals surface area (Å²) in [4.78, 5) is 22.2. The van der Waals surface area contributed by atoms with Gasteiger partial charge in [-0.2, -0.15) is 23.2 Å². The topological polar surface area (TPSA) is 72.6 Å². The number of hydrogen-bond acceptors (Lipinski definition) is 8. The number of nitrogens with zero attached hydrogens (tertiary/aromatic N) is 3. The summed E-state index contributed by atoms with van der Waals surface area (Å²) >= 11 is 2.42. The second kappa shape index (κ2) is 7.36. The van der Waals surface area contributed by atoms with Gasteiger partial charge in [-0.3, -0.25) is 0 Å². The van der Waals surface area contributed by atoms with Crippen molar-refractivity contribution in [3.8, 4) is 0 Å². The molecule has 1 atom stereocenters. The van der Waals surface area contributed by atoms with Crippen LogP contribution >= 0.6 is 23.5 Å². The summed E-state index contributed by atoms with van der Waals surface area (Å²) in [5.74, 6) is -1.94. The van der Waals surface area contributed by atoms with Gasteiger partial charge in [0.15, 0.2) is 5.90 Å². The monoisotopic (exact) mass is 357 g/mol. The first kappa shape index (κ1) is 18.8. The van der Waals surface area contributed by atoms with Gasteiger partial charge in [0.05, 0.1) is 7.11 Å². The Morgan fingerprint density at radius 1 is 1.36 bits per heavy atom. The fraction of sp³-hybridized carbons (Fsp3) is 0.636. The fourth-order valence-corrected chi connectivity index (χ4v) is 2.43. The van der Waals surface area contributed by atoms with Crippen molar-refractivity contribution in [1.29, 1.82) is 0 Å². The minimum atomic E-state index is -5.08. The number of carbonyl (C=O) groups is 1. The third kappa shape index (κ3) is 3.75. The molecular formula is C11H14F3N3O3S2. The van der Waals surface area contributed by atoms with Crippen LogP contribution in [0, 0.1) is 0 Å². The van der Waals surface area contributed by atoms with E-state index in [2.05, 4.69) is 19.7 Å². The lowest BCUT2D eigenvalue weighted by Gasteiger charge is -2.29. The minimum Gasteiger partial charge on any atom is -0.465 e. The van der Waals surface area contributed by atoms with E-state index in [-0.39, 0.29) is 12.3 Å². The molecule has 124 valence electrons. The molecule has 1 aliphatic rings. The van der Waals surface area contributed by atoms with Gasteiger partial charge in [0.25, 0.3) is 0 Å². The van der Waals surface area contributed by atoms with Crippen molar-refractivity contribution in [3.63, 3.8) is 0 Å². The number of amidine groups is 1. The van der Waals surface area contributed by atoms with Gasteiger partial charge in [0.2, 0.25) is 0 Å². The lowest BCUT2D eigenvalue weighted by Crippen LogP contribution is -2.52. The predicted octanol–water partition coefficient (Wildman–Crippen LogP) is 2.69. The van der Waals surface area contributed by atoms with Gasteiger partial charge < -0.3 is 9.47 Å². The predicted molar refractivity (Wildman–Crippen MR) is 81.5 cm³/mol. The van der Waals surface area contributed by atoms with Crippen LogP contribution in [0.4, 0.5) is 13.2 Å². The lowest BCUT2D eigenvalue weighted by molar-refractivity contribution is -0.202. The third-order valence-electron chi connectivity index (χ3n) is 2.46. The number of thioether (sulfide) groups is 2. The highest BCUT2D eigenvalue weighted by atomic mass is 32.2. The molecule has 1 unspecified atom stereocenters. The average molecular weight is 357 g/mol. The first-order chi connectivity index (χ1) is 10.2. The molecule has 6 nitrogen and oxygen atoms in total. The molecule has 0 aliphatic carbocycles. The average Bonchev–Trinajstić information content (AvgIpc) is 2.50. The minimum absolute atomic E-state index is 0.0389. The maximum atomic E-state index is 13.4. The fourth-order valence-electron chi connectivity index (χ4n) is 1.42. The molecule has 0 saturated heterocycles. The van der Waals surface area contributed by atoms with Gasteiger partial charge in [-0.1, -0.05) is 6.92 Å². The molecule has 0 N–H and O–H groups in total. The van der Waals surface area contributed by atoms with E-state index in [0.29, 0.717) is 4.38 Å². The van der Waals surface area contributed by atoms with E-state index in [0.717, 1.165) is 7.11 Å². The van der Waals surface area contributed by atoms with E-state index in [1.54, 1.807) is 12.5 Å². The van der Waals surface area contributed by atoms with Crippen molar-refractivity contribution >= 4 is 45.8 Å². The van der Waals surface area contributed by atoms with Crippen LogP contribution < -0.4 is 0 Å². The Labute approximate surface area is 133 Å². The van der Waals surface area contributed by atoms with Crippen LogP contribution in [0.1, 0.15) is 13.3 Å². The molecule has 1 rings (SSSR count).